The molecule has 1 aromatic rings. The van der Waals surface area contributed by atoms with Gasteiger partial charge in [-0.3, -0.25) is 0 Å². The van der Waals surface area contributed by atoms with Gasteiger partial charge in [0.2, 0.25) is 0 Å². The number of aliphatic hydroxyl groups excluding tert-OH is 5. The maximum Gasteiger partial charge on any atom is 0.328 e. The van der Waals surface area contributed by atoms with E-state index in [0.29, 0.717) is 5.69 Å². The average Bonchev–Trinajstić information content (AvgIpc) is 3.01. The molecule has 0 bridgehead atoms. The Labute approximate surface area is 145 Å². The Kier molecular flexibility index (Phi) is 10.1. The molecule has 7 N–H and O–H groups in total. The molecule has 1 aliphatic heterocycles. The molecule has 0 aliphatic carbocycles. The number of ether oxygens (including phenoxy) is 1. The van der Waals surface area contributed by atoms with Gasteiger partial charge in [-0.2, -0.15) is 0 Å². The minimum Gasteiger partial charge on any atom is -0.478 e. The summed E-state index contributed by atoms with van der Waals surface area (Å²) >= 11 is 0. The molecule has 1 fully saturated rings. The second-order valence-electron chi connectivity index (χ2n) is 4.40. The van der Waals surface area contributed by atoms with Crippen LogP contribution in [0.4, 0.5) is 0 Å². The molecule has 5 atom stereocenters. The van der Waals surface area contributed by atoms with Crippen LogP contribution in [0.5, 0.6) is 0 Å². The van der Waals surface area contributed by atoms with Crippen molar-refractivity contribution in [3.8, 4) is 0 Å². The largest absolute Gasteiger partial charge is 0.478 e. The van der Waals surface area contributed by atoms with Gasteiger partial charge in [0.15, 0.2) is 6.29 Å². The number of hydrogen-bond donors (Lipinski definition) is 7. The number of imidazole rings is 1. The molecule has 1 aliphatic rings. The predicted octanol–water partition coefficient (Wildman–Crippen LogP) is -2.72. The predicted molar refractivity (Wildman–Crippen MR) is 71.2 cm³/mol. The van der Waals surface area contributed by atoms with Gasteiger partial charge in [0.25, 0.3) is 0 Å². The summed E-state index contributed by atoms with van der Waals surface area (Å²) in [5.74, 6) is -0.963. The third kappa shape index (κ3) is 6.88. The molecule has 130 valence electrons. The first-order valence-corrected chi connectivity index (χ1v) is 6.24. The van der Waals surface area contributed by atoms with E-state index in [1.807, 2.05) is 0 Å². The smallest absolute Gasteiger partial charge is 0.328 e. The van der Waals surface area contributed by atoms with Crippen molar-refractivity contribution >= 4 is 12.0 Å². The molecule has 11 heteroatoms. The fraction of sp³-hybridized carbons (Fsp3) is 0.500. The van der Waals surface area contributed by atoms with Crippen LogP contribution in [0.25, 0.3) is 6.08 Å². The molecule has 0 saturated carbocycles. The van der Waals surface area contributed by atoms with Crippen LogP contribution in [0.3, 0.4) is 0 Å². The number of rotatable bonds is 3. The van der Waals surface area contributed by atoms with E-state index in [9.17, 15) is 4.79 Å². The molecule has 23 heavy (non-hydrogen) atoms. The van der Waals surface area contributed by atoms with Crippen LogP contribution in [-0.4, -0.2) is 83.9 Å². The molecule has 1 unspecified atom stereocenters. The summed E-state index contributed by atoms with van der Waals surface area (Å²) in [4.78, 5) is 16.4. The van der Waals surface area contributed by atoms with Crippen LogP contribution >= 0.6 is 0 Å². The standard InChI is InChI=1S/C6H6N2O2.C6H12O6.Mo/c9-6(10)2-1-5-3-7-4-8-5;7-1-2-3(8)4(9)5(10)6(11)12-2;/h1-4H,(H,7,8)(H,9,10);2-11H,1H2;/b2-1+;;/t;2-,3-,4+,5+,6?;/m.1./s1. The second-order valence-corrected chi connectivity index (χ2v) is 4.40. The van der Waals surface area contributed by atoms with Crippen LogP contribution in [0.15, 0.2) is 18.6 Å². The van der Waals surface area contributed by atoms with Gasteiger partial charge in [0, 0.05) is 27.1 Å². The molecule has 2 rings (SSSR count). The molecule has 0 amide bonds. The zero-order valence-corrected chi connectivity index (χ0v) is 13.8. The van der Waals surface area contributed by atoms with Crippen molar-refractivity contribution in [2.75, 3.05) is 6.61 Å². The normalized spacial score (nSPS) is 30.2. The average molecular weight is 414 g/mol. The molecule has 0 radical (unpaired) electrons. The number of aliphatic hydroxyl groups is 5. The summed E-state index contributed by atoms with van der Waals surface area (Å²) in [6, 6.07) is 0. The Hall–Kier alpha value is -1.13. The Bertz CT molecular complexity index is 479. The van der Waals surface area contributed by atoms with Crippen LogP contribution in [0, 0.1) is 0 Å². The number of carboxylic acid groups (broad SMARTS) is 1. The summed E-state index contributed by atoms with van der Waals surface area (Å²) in [7, 11) is 0. The molecular weight excluding hydrogens is 396 g/mol. The van der Waals surface area contributed by atoms with Gasteiger partial charge >= 0.3 is 5.97 Å². The Morgan fingerprint density at radius 3 is 2.39 bits per heavy atom. The SMILES string of the molecule is O=C(O)/C=C/c1cnc[nH]1.OC[C@H]1OC(O)[C@@H](O)[C@@H](O)[C@@H]1O.[Mo]. The summed E-state index contributed by atoms with van der Waals surface area (Å²) in [5.41, 5.74) is 0.683. The number of nitrogens with one attached hydrogen (secondary N) is 1. The quantitative estimate of drug-likeness (QED) is 0.205. The zero-order chi connectivity index (χ0) is 16.7. The van der Waals surface area contributed by atoms with Crippen LogP contribution in [0.2, 0.25) is 0 Å². The summed E-state index contributed by atoms with van der Waals surface area (Å²) in [5, 5.41) is 52.8. The van der Waals surface area contributed by atoms with Crippen molar-refractivity contribution in [1.82, 2.24) is 9.97 Å². The maximum absolute atomic E-state index is 9.97. The number of aromatic amines is 1. The minimum absolute atomic E-state index is 0. The third-order valence-electron chi connectivity index (χ3n) is 2.79. The van der Waals surface area contributed by atoms with E-state index in [1.54, 1.807) is 6.20 Å². The van der Waals surface area contributed by atoms with Gasteiger partial charge in [-0.05, 0) is 6.08 Å². The molecule has 0 aromatic carbocycles. The fourth-order valence-corrected chi connectivity index (χ4v) is 1.60. The minimum atomic E-state index is -1.57. The number of carbonyl (C=O) groups is 1. The Morgan fingerprint density at radius 1 is 1.26 bits per heavy atom. The number of H-pyrrole nitrogens is 1. The van der Waals surface area contributed by atoms with Crippen molar-refractivity contribution in [1.29, 1.82) is 0 Å². The van der Waals surface area contributed by atoms with Crippen molar-refractivity contribution < 1.29 is 61.2 Å². The second kappa shape index (κ2) is 10.6. The molecule has 1 saturated heterocycles. The molecule has 2 heterocycles. The molecular formula is C12H18MoN2O8. The van der Waals surface area contributed by atoms with Crippen molar-refractivity contribution in [3.63, 3.8) is 0 Å². The van der Waals surface area contributed by atoms with Gasteiger partial charge in [0.1, 0.15) is 24.4 Å². The van der Waals surface area contributed by atoms with Crippen molar-refractivity contribution in [3.05, 3.63) is 24.3 Å². The molecule has 0 spiro atoms. The van der Waals surface area contributed by atoms with Gasteiger partial charge in [-0.25, -0.2) is 9.78 Å². The van der Waals surface area contributed by atoms with Gasteiger partial charge < -0.3 is 40.4 Å². The third-order valence-corrected chi connectivity index (χ3v) is 2.79. The van der Waals surface area contributed by atoms with Gasteiger partial charge in [0.05, 0.1) is 24.8 Å². The van der Waals surface area contributed by atoms with E-state index in [2.05, 4.69) is 14.7 Å². The first-order valence-electron chi connectivity index (χ1n) is 6.24. The fourth-order valence-electron chi connectivity index (χ4n) is 1.60. The van der Waals surface area contributed by atoms with Crippen LogP contribution < -0.4 is 0 Å². The van der Waals surface area contributed by atoms with Gasteiger partial charge in [-0.1, -0.05) is 0 Å². The van der Waals surface area contributed by atoms with E-state index in [1.165, 1.54) is 12.4 Å². The first-order chi connectivity index (χ1) is 10.4. The van der Waals surface area contributed by atoms with Crippen LogP contribution in [0.1, 0.15) is 5.69 Å². The monoisotopic (exact) mass is 416 g/mol. The molecule has 10 nitrogen and oxygen atoms in total. The van der Waals surface area contributed by atoms with E-state index in [4.69, 9.17) is 30.6 Å². The van der Waals surface area contributed by atoms with E-state index >= 15 is 0 Å². The summed E-state index contributed by atoms with van der Waals surface area (Å²) < 4.78 is 4.58. The molecule has 1 aromatic heterocycles. The van der Waals surface area contributed by atoms with E-state index in [0.717, 1.165) is 6.08 Å². The van der Waals surface area contributed by atoms with Crippen LogP contribution in [-0.2, 0) is 30.6 Å². The van der Waals surface area contributed by atoms with E-state index in [-0.39, 0.29) is 21.1 Å². The Morgan fingerprint density at radius 2 is 1.91 bits per heavy atom. The van der Waals surface area contributed by atoms with E-state index < -0.39 is 43.3 Å². The number of aliphatic carboxylic acids is 1. The van der Waals surface area contributed by atoms with Gasteiger partial charge in [-0.15, -0.1) is 0 Å². The van der Waals surface area contributed by atoms with Crippen molar-refractivity contribution in [2.45, 2.75) is 30.7 Å². The topological polar surface area (TPSA) is 176 Å². The number of hydrogen-bond acceptors (Lipinski definition) is 8. The Balaban J connectivity index is 0.000000409. The summed E-state index contributed by atoms with van der Waals surface area (Å²) in [6.07, 6.45) is -1.52. The maximum atomic E-state index is 9.97. The number of carboxylic acids is 1. The zero-order valence-electron chi connectivity index (χ0n) is 11.8. The number of nitrogens with zero attached hydrogens (tertiary/aromatic N) is 1. The number of aromatic nitrogens is 2. The summed E-state index contributed by atoms with van der Waals surface area (Å²) in [6.45, 7) is -0.526. The van der Waals surface area contributed by atoms with Crippen molar-refractivity contribution in [2.24, 2.45) is 0 Å². The first kappa shape index (κ1) is 21.9.